The van der Waals surface area contributed by atoms with E-state index in [-0.39, 0.29) is 0 Å². The Bertz CT molecular complexity index is 308. The van der Waals surface area contributed by atoms with Crippen LogP contribution in [-0.2, 0) is 4.79 Å². The summed E-state index contributed by atoms with van der Waals surface area (Å²) >= 11 is 0. The van der Waals surface area contributed by atoms with Crippen molar-refractivity contribution in [2.24, 2.45) is 0 Å². The van der Waals surface area contributed by atoms with Gasteiger partial charge in [0.1, 0.15) is 5.78 Å². The Morgan fingerprint density at radius 1 is 1.19 bits per heavy atom. The number of anilines is 1. The zero-order valence-corrected chi connectivity index (χ0v) is 10.3. The van der Waals surface area contributed by atoms with E-state index in [1.807, 2.05) is 13.0 Å². The predicted octanol–water partition coefficient (Wildman–Crippen LogP) is 3.27. The number of ketones is 1. The van der Waals surface area contributed by atoms with Crippen LogP contribution in [0, 0.1) is 0 Å². The average molecular weight is 219 g/mol. The maximum atomic E-state index is 11.2. The molecule has 0 heterocycles. The van der Waals surface area contributed by atoms with Crippen LogP contribution in [-0.4, -0.2) is 18.9 Å². The lowest BCUT2D eigenvalue weighted by Gasteiger charge is -2.22. The van der Waals surface area contributed by atoms with Crippen LogP contribution in [0.1, 0.15) is 33.1 Å². The summed E-state index contributed by atoms with van der Waals surface area (Å²) < 4.78 is 0. The summed E-state index contributed by atoms with van der Waals surface area (Å²) in [5.74, 6) is 0.365. The number of hydrogen-bond donors (Lipinski definition) is 0. The molecule has 1 rings (SSSR count). The van der Waals surface area contributed by atoms with Crippen molar-refractivity contribution in [3.05, 3.63) is 30.3 Å². The molecule has 88 valence electrons. The molecule has 2 nitrogen and oxygen atoms in total. The van der Waals surface area contributed by atoms with Gasteiger partial charge in [-0.05, 0) is 25.5 Å². The molecule has 0 aliphatic rings. The van der Waals surface area contributed by atoms with Crippen LogP contribution < -0.4 is 4.90 Å². The summed E-state index contributed by atoms with van der Waals surface area (Å²) in [7, 11) is 0. The summed E-state index contributed by atoms with van der Waals surface area (Å²) in [6.45, 7) is 6.03. The number of nitrogens with zero attached hydrogens (tertiary/aromatic N) is 1. The Labute approximate surface area is 98.3 Å². The molecule has 0 aromatic heterocycles. The Morgan fingerprint density at radius 3 is 2.44 bits per heavy atom. The van der Waals surface area contributed by atoms with Crippen molar-refractivity contribution in [2.45, 2.75) is 33.1 Å². The van der Waals surface area contributed by atoms with Gasteiger partial charge in [-0.25, -0.2) is 0 Å². The molecule has 0 unspecified atom stereocenters. The van der Waals surface area contributed by atoms with Crippen LogP contribution in [0.4, 0.5) is 5.69 Å². The lowest BCUT2D eigenvalue weighted by Crippen LogP contribution is -2.24. The first-order valence-electron chi connectivity index (χ1n) is 6.09. The van der Waals surface area contributed by atoms with E-state index in [0.717, 1.165) is 19.5 Å². The first-order valence-corrected chi connectivity index (χ1v) is 6.09. The Hall–Kier alpha value is -1.31. The Morgan fingerprint density at radius 2 is 1.88 bits per heavy atom. The Kier molecular flexibility index (Phi) is 5.62. The number of carbonyl (C=O) groups excluding carboxylic acids is 1. The van der Waals surface area contributed by atoms with E-state index in [9.17, 15) is 4.79 Å². The van der Waals surface area contributed by atoms with Gasteiger partial charge >= 0.3 is 0 Å². The van der Waals surface area contributed by atoms with E-state index < -0.39 is 0 Å². The maximum absolute atomic E-state index is 11.2. The van der Waals surface area contributed by atoms with Gasteiger partial charge in [0.25, 0.3) is 0 Å². The third-order valence-electron chi connectivity index (χ3n) is 2.78. The minimum Gasteiger partial charge on any atom is -0.372 e. The van der Waals surface area contributed by atoms with Crippen molar-refractivity contribution >= 4 is 11.5 Å². The molecule has 0 atom stereocenters. The largest absolute Gasteiger partial charge is 0.372 e. The van der Waals surface area contributed by atoms with Gasteiger partial charge in [-0.15, -0.1) is 0 Å². The topological polar surface area (TPSA) is 20.3 Å². The summed E-state index contributed by atoms with van der Waals surface area (Å²) in [5.41, 5.74) is 1.24. The molecule has 0 N–H and O–H groups in total. The normalized spacial score (nSPS) is 10.1. The van der Waals surface area contributed by atoms with Gasteiger partial charge in [-0.1, -0.05) is 25.1 Å². The fourth-order valence-electron chi connectivity index (χ4n) is 1.75. The van der Waals surface area contributed by atoms with Crippen LogP contribution in [0.2, 0.25) is 0 Å². The highest BCUT2D eigenvalue weighted by molar-refractivity contribution is 5.77. The molecule has 0 aliphatic heterocycles. The zero-order valence-electron chi connectivity index (χ0n) is 10.3. The second-order valence-corrected chi connectivity index (χ2v) is 3.91. The second kappa shape index (κ2) is 7.04. The fourth-order valence-corrected chi connectivity index (χ4v) is 1.75. The predicted molar refractivity (Wildman–Crippen MR) is 68.9 cm³/mol. The lowest BCUT2D eigenvalue weighted by atomic mass is 10.1. The van der Waals surface area contributed by atoms with Crippen LogP contribution in [0.5, 0.6) is 0 Å². The smallest absolute Gasteiger partial charge is 0.132 e. The van der Waals surface area contributed by atoms with Gasteiger partial charge in [0.2, 0.25) is 0 Å². The lowest BCUT2D eigenvalue weighted by molar-refractivity contribution is -0.118. The van der Waals surface area contributed by atoms with E-state index in [1.54, 1.807) is 0 Å². The first-order chi connectivity index (χ1) is 7.77. The van der Waals surface area contributed by atoms with Gasteiger partial charge in [0, 0.05) is 31.6 Å². The first kappa shape index (κ1) is 12.8. The molecule has 2 heteroatoms. The maximum Gasteiger partial charge on any atom is 0.132 e. The van der Waals surface area contributed by atoms with Crippen LogP contribution in [0.3, 0.4) is 0 Å². The van der Waals surface area contributed by atoms with E-state index in [0.29, 0.717) is 18.6 Å². The van der Waals surface area contributed by atoms with E-state index in [4.69, 9.17) is 0 Å². The molecule has 0 saturated heterocycles. The van der Waals surface area contributed by atoms with E-state index >= 15 is 0 Å². The summed E-state index contributed by atoms with van der Waals surface area (Å²) in [6.07, 6.45) is 2.33. The Balaban J connectivity index is 2.41. The van der Waals surface area contributed by atoms with Crippen molar-refractivity contribution in [1.29, 1.82) is 0 Å². The van der Waals surface area contributed by atoms with Crippen molar-refractivity contribution in [3.63, 3.8) is 0 Å². The SMILES string of the molecule is CCC(=O)CCCN(CC)c1ccccc1. The standard InChI is InChI=1S/C14H21NO/c1-3-14(16)11-8-12-15(4-2)13-9-6-5-7-10-13/h5-7,9-10H,3-4,8,11-12H2,1-2H3. The quantitative estimate of drug-likeness (QED) is 0.701. The molecule has 0 spiro atoms. The summed E-state index contributed by atoms with van der Waals surface area (Å²) in [6, 6.07) is 10.4. The van der Waals surface area contributed by atoms with Crippen LogP contribution >= 0.6 is 0 Å². The van der Waals surface area contributed by atoms with Gasteiger partial charge in [-0.2, -0.15) is 0 Å². The van der Waals surface area contributed by atoms with Crippen molar-refractivity contribution in [1.82, 2.24) is 0 Å². The van der Waals surface area contributed by atoms with Crippen molar-refractivity contribution in [2.75, 3.05) is 18.0 Å². The molecule has 0 radical (unpaired) electrons. The minimum atomic E-state index is 0.365. The zero-order chi connectivity index (χ0) is 11.8. The molecule has 1 aromatic carbocycles. The molecule has 0 aliphatic carbocycles. The molecular weight excluding hydrogens is 198 g/mol. The van der Waals surface area contributed by atoms with Crippen molar-refractivity contribution in [3.8, 4) is 0 Å². The molecule has 0 fully saturated rings. The third-order valence-corrected chi connectivity index (χ3v) is 2.78. The number of hydrogen-bond acceptors (Lipinski definition) is 2. The number of benzene rings is 1. The second-order valence-electron chi connectivity index (χ2n) is 3.91. The van der Waals surface area contributed by atoms with Gasteiger partial charge < -0.3 is 4.90 Å². The minimum absolute atomic E-state index is 0.365. The van der Waals surface area contributed by atoms with Gasteiger partial charge in [0.05, 0.1) is 0 Å². The molecule has 0 saturated carbocycles. The molecule has 1 aromatic rings. The number of carbonyl (C=O) groups is 1. The third kappa shape index (κ3) is 4.05. The highest BCUT2D eigenvalue weighted by Gasteiger charge is 2.04. The average Bonchev–Trinajstić information content (AvgIpc) is 2.35. The van der Waals surface area contributed by atoms with Crippen LogP contribution in [0.25, 0.3) is 0 Å². The van der Waals surface area contributed by atoms with Crippen LogP contribution in [0.15, 0.2) is 30.3 Å². The molecule has 0 bridgehead atoms. The van der Waals surface area contributed by atoms with Gasteiger partial charge in [-0.3, -0.25) is 4.79 Å². The van der Waals surface area contributed by atoms with Crippen molar-refractivity contribution < 1.29 is 4.79 Å². The number of Topliss-reactive ketones (excluding diaryl/α,β-unsaturated/α-hetero) is 1. The molecule has 0 amide bonds. The molecular formula is C14H21NO. The number of rotatable bonds is 7. The van der Waals surface area contributed by atoms with E-state index in [2.05, 4.69) is 36.1 Å². The summed E-state index contributed by atoms with van der Waals surface area (Å²) in [5, 5.41) is 0. The highest BCUT2D eigenvalue weighted by atomic mass is 16.1. The highest BCUT2D eigenvalue weighted by Crippen LogP contribution is 2.13. The van der Waals surface area contributed by atoms with E-state index in [1.165, 1.54) is 5.69 Å². The fraction of sp³-hybridized carbons (Fsp3) is 0.500. The monoisotopic (exact) mass is 219 g/mol. The van der Waals surface area contributed by atoms with Gasteiger partial charge in [0.15, 0.2) is 0 Å². The molecule has 16 heavy (non-hydrogen) atoms. The summed E-state index contributed by atoms with van der Waals surface area (Å²) in [4.78, 5) is 13.5. The number of para-hydroxylation sites is 1.